The molecule has 3 nitrogen and oxygen atoms in total. The molecule has 1 aromatic rings. The highest BCUT2D eigenvalue weighted by Crippen LogP contribution is 2.29. The lowest BCUT2D eigenvalue weighted by Crippen LogP contribution is -2.13. The Morgan fingerprint density at radius 2 is 1.94 bits per heavy atom. The maximum Gasteiger partial charge on any atom is 0.416 e. The number of carbonyl (C=O) groups is 2. The van der Waals surface area contributed by atoms with Crippen molar-refractivity contribution in [3.8, 4) is 0 Å². The molecule has 6 heteroatoms. The summed E-state index contributed by atoms with van der Waals surface area (Å²) in [6, 6.07) is 3.71. The van der Waals surface area contributed by atoms with Crippen LogP contribution in [0.2, 0.25) is 0 Å². The number of rotatable bonds is 2. The molecule has 0 heterocycles. The van der Waals surface area contributed by atoms with Crippen molar-refractivity contribution >= 4 is 11.9 Å². The molecule has 0 aliphatic rings. The quantitative estimate of drug-likeness (QED) is 0.595. The lowest BCUT2D eigenvalue weighted by Gasteiger charge is -2.07. The Morgan fingerprint density at radius 3 is 2.47 bits per heavy atom. The normalized spacial score (nSPS) is 11.1. The minimum absolute atomic E-state index is 0.0231. The van der Waals surface area contributed by atoms with Gasteiger partial charge in [0, 0.05) is 6.42 Å². The third kappa shape index (κ3) is 3.58. The highest BCUT2D eigenvalue weighted by molar-refractivity contribution is 5.96. The number of hydrogen-bond acceptors (Lipinski definition) is 3. The summed E-state index contributed by atoms with van der Waals surface area (Å²) in [5.74, 6) is -1.87. The largest absolute Gasteiger partial charge is 0.416 e. The molecule has 0 N–H and O–H groups in total. The summed E-state index contributed by atoms with van der Waals surface area (Å²) in [7, 11) is 0. The molecule has 1 rings (SSSR count). The Morgan fingerprint density at radius 1 is 1.29 bits per heavy atom. The van der Waals surface area contributed by atoms with E-state index in [0.29, 0.717) is 6.07 Å². The van der Waals surface area contributed by atoms with Crippen LogP contribution in [0, 0.1) is 0 Å². The second kappa shape index (κ2) is 4.99. The molecule has 0 bridgehead atoms. The molecule has 0 aliphatic carbocycles. The predicted molar refractivity (Wildman–Crippen MR) is 52.2 cm³/mol. The molecule has 0 radical (unpaired) electrons. The molecular formula is C11H9F3O3. The summed E-state index contributed by atoms with van der Waals surface area (Å²) in [6.07, 6.45) is -4.56. The molecule has 0 saturated heterocycles. The fourth-order valence-electron chi connectivity index (χ4n) is 1.06. The lowest BCUT2D eigenvalue weighted by atomic mass is 10.1. The Bertz CT molecular complexity index is 438. The van der Waals surface area contributed by atoms with Crippen molar-refractivity contribution in [3.63, 3.8) is 0 Å². The van der Waals surface area contributed by atoms with Crippen LogP contribution in [-0.2, 0) is 15.7 Å². The van der Waals surface area contributed by atoms with Crippen LogP contribution >= 0.6 is 0 Å². The Kier molecular flexibility index (Phi) is 3.88. The third-order valence-corrected chi connectivity index (χ3v) is 1.92. The van der Waals surface area contributed by atoms with Crippen LogP contribution < -0.4 is 0 Å². The summed E-state index contributed by atoms with van der Waals surface area (Å²) < 4.78 is 41.3. The number of carbonyl (C=O) groups excluding carboxylic acids is 2. The molecule has 0 fully saturated rings. The van der Waals surface area contributed by atoms with E-state index in [9.17, 15) is 22.8 Å². The monoisotopic (exact) mass is 246 g/mol. The van der Waals surface area contributed by atoms with Gasteiger partial charge in [0.1, 0.15) is 0 Å². The molecule has 1 aromatic carbocycles. The van der Waals surface area contributed by atoms with Crippen molar-refractivity contribution < 1.29 is 27.5 Å². The van der Waals surface area contributed by atoms with Crippen molar-refractivity contribution in [1.29, 1.82) is 0 Å². The number of alkyl halides is 3. The van der Waals surface area contributed by atoms with E-state index in [1.54, 1.807) is 0 Å². The zero-order chi connectivity index (χ0) is 13.1. The van der Waals surface area contributed by atoms with Crippen LogP contribution in [0.3, 0.4) is 0 Å². The second-order valence-corrected chi connectivity index (χ2v) is 3.19. The van der Waals surface area contributed by atoms with E-state index >= 15 is 0 Å². The lowest BCUT2D eigenvalue weighted by molar-refractivity contribution is -0.137. The minimum Gasteiger partial charge on any atom is -0.389 e. The summed E-state index contributed by atoms with van der Waals surface area (Å²) in [5, 5.41) is 0. The van der Waals surface area contributed by atoms with E-state index in [2.05, 4.69) is 4.74 Å². The van der Waals surface area contributed by atoms with E-state index in [0.717, 1.165) is 18.2 Å². The fraction of sp³-hybridized carbons (Fsp3) is 0.273. The highest BCUT2D eigenvalue weighted by atomic mass is 19.4. The summed E-state index contributed by atoms with van der Waals surface area (Å²) in [5.41, 5.74) is -1.27. The fourth-order valence-corrected chi connectivity index (χ4v) is 1.06. The number of esters is 2. The zero-order valence-corrected chi connectivity index (χ0v) is 8.88. The second-order valence-electron chi connectivity index (χ2n) is 3.19. The van der Waals surface area contributed by atoms with Crippen molar-refractivity contribution in [2.45, 2.75) is 19.5 Å². The molecule has 0 aliphatic heterocycles. The van der Waals surface area contributed by atoms with Crippen LogP contribution in [0.5, 0.6) is 0 Å². The van der Waals surface area contributed by atoms with Gasteiger partial charge in [0.15, 0.2) is 0 Å². The van der Waals surface area contributed by atoms with Gasteiger partial charge in [0.2, 0.25) is 0 Å². The van der Waals surface area contributed by atoms with E-state index in [1.165, 1.54) is 6.92 Å². The Balaban J connectivity index is 2.92. The molecule has 0 spiro atoms. The third-order valence-electron chi connectivity index (χ3n) is 1.92. The smallest absolute Gasteiger partial charge is 0.389 e. The van der Waals surface area contributed by atoms with Gasteiger partial charge in [-0.25, -0.2) is 4.79 Å². The van der Waals surface area contributed by atoms with Gasteiger partial charge in [-0.15, -0.1) is 0 Å². The van der Waals surface area contributed by atoms with Gasteiger partial charge in [-0.1, -0.05) is 13.0 Å². The highest BCUT2D eigenvalue weighted by Gasteiger charge is 2.31. The summed E-state index contributed by atoms with van der Waals surface area (Å²) in [6.45, 7) is 1.47. The number of ether oxygens (including phenoxy) is 1. The average molecular weight is 246 g/mol. The standard InChI is InChI=1S/C11H9F3O3/c1-2-9(15)17-10(16)7-4-3-5-8(6-7)11(12,13)14/h3-6H,2H2,1H3. The van der Waals surface area contributed by atoms with Crippen LogP contribution in [-0.4, -0.2) is 11.9 Å². The van der Waals surface area contributed by atoms with Crippen molar-refractivity contribution in [3.05, 3.63) is 35.4 Å². The SMILES string of the molecule is CCC(=O)OC(=O)c1cccc(C(F)(F)F)c1. The van der Waals surface area contributed by atoms with E-state index < -0.39 is 23.7 Å². The molecule has 0 atom stereocenters. The first-order chi connectivity index (χ1) is 7.84. The number of halogens is 3. The van der Waals surface area contributed by atoms with E-state index in [-0.39, 0.29) is 12.0 Å². The van der Waals surface area contributed by atoms with E-state index in [1.807, 2.05) is 0 Å². The summed E-state index contributed by atoms with van der Waals surface area (Å²) in [4.78, 5) is 22.1. The first-order valence-electron chi connectivity index (χ1n) is 4.77. The molecule has 92 valence electrons. The van der Waals surface area contributed by atoms with Crippen LogP contribution in [0.4, 0.5) is 13.2 Å². The van der Waals surface area contributed by atoms with Crippen molar-refractivity contribution in [2.24, 2.45) is 0 Å². The van der Waals surface area contributed by atoms with Gasteiger partial charge in [0.25, 0.3) is 0 Å². The van der Waals surface area contributed by atoms with Crippen LogP contribution in [0.15, 0.2) is 24.3 Å². The van der Waals surface area contributed by atoms with Crippen LogP contribution in [0.25, 0.3) is 0 Å². The van der Waals surface area contributed by atoms with Crippen molar-refractivity contribution in [2.75, 3.05) is 0 Å². The minimum atomic E-state index is -4.54. The van der Waals surface area contributed by atoms with Gasteiger partial charge < -0.3 is 4.74 Å². The van der Waals surface area contributed by atoms with Gasteiger partial charge >= 0.3 is 18.1 Å². The number of hydrogen-bond donors (Lipinski definition) is 0. The van der Waals surface area contributed by atoms with Gasteiger partial charge in [0.05, 0.1) is 11.1 Å². The van der Waals surface area contributed by atoms with Gasteiger partial charge in [-0.05, 0) is 18.2 Å². The van der Waals surface area contributed by atoms with Gasteiger partial charge in [-0.2, -0.15) is 13.2 Å². The maximum absolute atomic E-state index is 12.3. The van der Waals surface area contributed by atoms with E-state index in [4.69, 9.17) is 0 Å². The maximum atomic E-state index is 12.3. The van der Waals surface area contributed by atoms with Crippen LogP contribution in [0.1, 0.15) is 29.3 Å². The molecule has 17 heavy (non-hydrogen) atoms. The number of benzene rings is 1. The Hall–Kier alpha value is -1.85. The first kappa shape index (κ1) is 13.2. The predicted octanol–water partition coefficient (Wildman–Crippen LogP) is 2.80. The molecule has 0 unspecified atom stereocenters. The molecular weight excluding hydrogens is 237 g/mol. The Labute approximate surface area is 95.2 Å². The summed E-state index contributed by atoms with van der Waals surface area (Å²) >= 11 is 0. The van der Waals surface area contributed by atoms with Gasteiger partial charge in [-0.3, -0.25) is 4.79 Å². The average Bonchev–Trinajstić information content (AvgIpc) is 2.28. The molecule has 0 saturated carbocycles. The zero-order valence-electron chi connectivity index (χ0n) is 8.88. The molecule has 0 aromatic heterocycles. The first-order valence-corrected chi connectivity index (χ1v) is 4.77. The topological polar surface area (TPSA) is 43.4 Å². The van der Waals surface area contributed by atoms with Crippen molar-refractivity contribution in [1.82, 2.24) is 0 Å². The molecule has 0 amide bonds.